The molecular formula is C16H27NS. The molecule has 0 fully saturated rings. The largest absolute Gasteiger partial charge is 0.313 e. The van der Waals surface area contributed by atoms with E-state index in [4.69, 9.17) is 0 Å². The molecule has 102 valence electrons. The minimum absolute atomic E-state index is 0.606. The summed E-state index contributed by atoms with van der Waals surface area (Å²) < 4.78 is 0. The highest BCUT2D eigenvalue weighted by Gasteiger charge is 2.16. The summed E-state index contributed by atoms with van der Waals surface area (Å²) in [6, 6.07) is 7.33. The van der Waals surface area contributed by atoms with Crippen molar-refractivity contribution in [3.63, 3.8) is 0 Å². The van der Waals surface area contributed by atoms with Gasteiger partial charge in [-0.2, -0.15) is 0 Å². The van der Waals surface area contributed by atoms with Crippen LogP contribution >= 0.6 is 11.8 Å². The van der Waals surface area contributed by atoms with Crippen LogP contribution in [0, 0.1) is 13.8 Å². The summed E-state index contributed by atoms with van der Waals surface area (Å²) in [4.78, 5) is 1.43. The first-order valence-electron chi connectivity index (χ1n) is 7.05. The zero-order valence-electron chi connectivity index (χ0n) is 12.4. The van der Waals surface area contributed by atoms with Crippen molar-refractivity contribution >= 4 is 11.8 Å². The fraction of sp³-hybridized carbons (Fsp3) is 0.625. The van der Waals surface area contributed by atoms with E-state index >= 15 is 0 Å². The second kappa shape index (κ2) is 7.85. The Kier molecular flexibility index (Phi) is 6.80. The van der Waals surface area contributed by atoms with E-state index in [2.05, 4.69) is 58.1 Å². The maximum Gasteiger partial charge on any atom is 0.0220 e. The molecule has 0 aromatic heterocycles. The predicted octanol–water partition coefficient (Wildman–Crippen LogP) is 4.56. The van der Waals surface area contributed by atoms with Crippen molar-refractivity contribution in [2.45, 2.75) is 63.6 Å². The molecule has 0 aliphatic heterocycles. The number of hydrogen-bond acceptors (Lipinski definition) is 2. The lowest BCUT2D eigenvalue weighted by molar-refractivity contribution is 0.494. The van der Waals surface area contributed by atoms with Crippen molar-refractivity contribution < 1.29 is 0 Å². The van der Waals surface area contributed by atoms with Gasteiger partial charge in [0.1, 0.15) is 0 Å². The average Bonchev–Trinajstić information content (AvgIpc) is 2.35. The molecule has 0 amide bonds. The first-order chi connectivity index (χ1) is 8.58. The van der Waals surface area contributed by atoms with E-state index in [0.717, 1.165) is 6.54 Å². The van der Waals surface area contributed by atoms with E-state index in [9.17, 15) is 0 Å². The average molecular weight is 265 g/mol. The number of rotatable bonds is 7. The monoisotopic (exact) mass is 265 g/mol. The van der Waals surface area contributed by atoms with Gasteiger partial charge in [0.05, 0.1) is 0 Å². The number of hydrogen-bond donors (Lipinski definition) is 1. The quantitative estimate of drug-likeness (QED) is 0.725. The van der Waals surface area contributed by atoms with Crippen LogP contribution in [-0.2, 0) is 0 Å². The zero-order chi connectivity index (χ0) is 13.5. The third-order valence-electron chi connectivity index (χ3n) is 3.32. The molecule has 2 heteroatoms. The lowest BCUT2D eigenvalue weighted by atomic mass is 10.1. The fourth-order valence-electron chi connectivity index (χ4n) is 2.09. The number of nitrogens with one attached hydrogen (secondary N) is 1. The SMILES string of the molecule is CCCNC(CC)C(C)Sc1cc(C)ccc1C. The molecule has 0 aliphatic carbocycles. The summed E-state index contributed by atoms with van der Waals surface area (Å²) in [7, 11) is 0. The Morgan fingerprint density at radius 1 is 1.22 bits per heavy atom. The van der Waals surface area contributed by atoms with E-state index in [1.807, 2.05) is 11.8 Å². The van der Waals surface area contributed by atoms with Crippen LogP contribution in [-0.4, -0.2) is 17.8 Å². The van der Waals surface area contributed by atoms with Gasteiger partial charge in [0.2, 0.25) is 0 Å². The lowest BCUT2D eigenvalue weighted by Gasteiger charge is -2.24. The van der Waals surface area contributed by atoms with Gasteiger partial charge in [-0.15, -0.1) is 11.8 Å². The van der Waals surface area contributed by atoms with Gasteiger partial charge < -0.3 is 5.32 Å². The van der Waals surface area contributed by atoms with Gasteiger partial charge in [0.25, 0.3) is 0 Å². The van der Waals surface area contributed by atoms with Crippen molar-refractivity contribution in [1.82, 2.24) is 5.32 Å². The molecule has 18 heavy (non-hydrogen) atoms. The highest BCUT2D eigenvalue weighted by molar-refractivity contribution is 8.00. The van der Waals surface area contributed by atoms with E-state index in [1.54, 1.807) is 0 Å². The second-order valence-electron chi connectivity index (χ2n) is 5.06. The Bertz CT molecular complexity index is 362. The Morgan fingerprint density at radius 2 is 1.94 bits per heavy atom. The summed E-state index contributed by atoms with van der Waals surface area (Å²) in [6.07, 6.45) is 2.40. The molecule has 0 spiro atoms. The summed E-state index contributed by atoms with van der Waals surface area (Å²) >= 11 is 2.00. The molecule has 0 bridgehead atoms. The summed E-state index contributed by atoms with van der Waals surface area (Å²) in [5.41, 5.74) is 2.74. The molecule has 0 saturated heterocycles. The van der Waals surface area contributed by atoms with Crippen LogP contribution in [0.1, 0.15) is 44.7 Å². The molecule has 0 radical (unpaired) electrons. The van der Waals surface area contributed by atoms with Crippen LogP contribution in [0.4, 0.5) is 0 Å². The molecule has 0 aliphatic rings. The van der Waals surface area contributed by atoms with Crippen molar-refractivity contribution in [2.24, 2.45) is 0 Å². The molecule has 1 aromatic rings. The normalized spacial score (nSPS) is 14.5. The van der Waals surface area contributed by atoms with E-state index < -0.39 is 0 Å². The van der Waals surface area contributed by atoms with Crippen molar-refractivity contribution in [1.29, 1.82) is 0 Å². The number of thioether (sulfide) groups is 1. The molecule has 0 saturated carbocycles. The van der Waals surface area contributed by atoms with Gasteiger partial charge in [-0.3, -0.25) is 0 Å². The smallest absolute Gasteiger partial charge is 0.0220 e. The molecule has 0 heterocycles. The number of aryl methyl sites for hydroxylation is 2. The maximum absolute atomic E-state index is 3.65. The third kappa shape index (κ3) is 4.66. The fourth-order valence-corrected chi connectivity index (χ4v) is 3.45. The Balaban J connectivity index is 2.66. The first-order valence-corrected chi connectivity index (χ1v) is 7.93. The third-order valence-corrected chi connectivity index (χ3v) is 4.71. The Labute approximate surface area is 117 Å². The standard InChI is InChI=1S/C16H27NS/c1-6-10-17-15(7-2)14(5)18-16-11-12(3)8-9-13(16)4/h8-9,11,14-15,17H,6-7,10H2,1-5H3. The zero-order valence-corrected chi connectivity index (χ0v) is 13.2. The highest BCUT2D eigenvalue weighted by atomic mass is 32.2. The summed E-state index contributed by atoms with van der Waals surface area (Å²) in [5.74, 6) is 0. The molecule has 1 rings (SSSR count). The van der Waals surface area contributed by atoms with Gasteiger partial charge in [-0.05, 0) is 44.9 Å². The van der Waals surface area contributed by atoms with Gasteiger partial charge in [-0.25, -0.2) is 0 Å². The van der Waals surface area contributed by atoms with Crippen molar-refractivity contribution in [2.75, 3.05) is 6.54 Å². The van der Waals surface area contributed by atoms with E-state index in [1.165, 1.54) is 28.9 Å². The van der Waals surface area contributed by atoms with Gasteiger partial charge in [-0.1, -0.05) is 38.5 Å². The van der Waals surface area contributed by atoms with E-state index in [-0.39, 0.29) is 0 Å². The van der Waals surface area contributed by atoms with Gasteiger partial charge in [0, 0.05) is 16.2 Å². The predicted molar refractivity (Wildman–Crippen MR) is 83.6 cm³/mol. The molecule has 1 aromatic carbocycles. The van der Waals surface area contributed by atoms with Gasteiger partial charge in [0.15, 0.2) is 0 Å². The minimum atomic E-state index is 0.606. The van der Waals surface area contributed by atoms with Crippen LogP contribution in [0.15, 0.2) is 23.1 Å². The maximum atomic E-state index is 3.65. The lowest BCUT2D eigenvalue weighted by Crippen LogP contribution is -2.36. The van der Waals surface area contributed by atoms with E-state index in [0.29, 0.717) is 11.3 Å². The minimum Gasteiger partial charge on any atom is -0.313 e. The van der Waals surface area contributed by atoms with Crippen molar-refractivity contribution in [3.8, 4) is 0 Å². The van der Waals surface area contributed by atoms with Crippen LogP contribution in [0.2, 0.25) is 0 Å². The van der Waals surface area contributed by atoms with Crippen LogP contribution in [0.25, 0.3) is 0 Å². The molecule has 1 N–H and O–H groups in total. The van der Waals surface area contributed by atoms with Gasteiger partial charge >= 0.3 is 0 Å². The number of benzene rings is 1. The van der Waals surface area contributed by atoms with Crippen LogP contribution in [0.5, 0.6) is 0 Å². The Hall–Kier alpha value is -0.470. The highest BCUT2D eigenvalue weighted by Crippen LogP contribution is 2.29. The first kappa shape index (κ1) is 15.6. The topological polar surface area (TPSA) is 12.0 Å². The molecule has 2 atom stereocenters. The second-order valence-corrected chi connectivity index (χ2v) is 6.48. The summed E-state index contributed by atoms with van der Waals surface area (Å²) in [6.45, 7) is 12.3. The van der Waals surface area contributed by atoms with Crippen LogP contribution in [0.3, 0.4) is 0 Å². The molecule has 1 nitrogen and oxygen atoms in total. The molecular weight excluding hydrogens is 238 g/mol. The molecule has 2 unspecified atom stereocenters. The summed E-state index contributed by atoms with van der Waals surface area (Å²) in [5, 5.41) is 4.27. The van der Waals surface area contributed by atoms with Crippen LogP contribution < -0.4 is 5.32 Å². The van der Waals surface area contributed by atoms with Crippen molar-refractivity contribution in [3.05, 3.63) is 29.3 Å². The Morgan fingerprint density at radius 3 is 2.56 bits per heavy atom.